The van der Waals surface area contributed by atoms with E-state index in [0.29, 0.717) is 19.3 Å². The van der Waals surface area contributed by atoms with Gasteiger partial charge in [-0.25, -0.2) is 9.13 Å². The van der Waals surface area contributed by atoms with Crippen LogP contribution in [0.25, 0.3) is 0 Å². The highest BCUT2D eigenvalue weighted by atomic mass is 31.2. The fourth-order valence-corrected chi connectivity index (χ4v) is 11.8. The van der Waals surface area contributed by atoms with Crippen molar-refractivity contribution in [3.63, 3.8) is 0 Å². The van der Waals surface area contributed by atoms with Crippen molar-refractivity contribution in [3.8, 4) is 0 Å². The maximum atomic E-state index is 13.0. The van der Waals surface area contributed by atoms with Crippen molar-refractivity contribution in [1.29, 1.82) is 0 Å². The van der Waals surface area contributed by atoms with Gasteiger partial charge >= 0.3 is 33.6 Å². The third-order valence-corrected chi connectivity index (χ3v) is 18.1. The SMILES string of the molecule is CC/C=C\C/C=C\C/C=C\C/C=C\C/C=C\CCCCCCCCCCCC(=O)OCC(O)COP(=O)(O)OCC(O)COP(=O)(O)OCC(COC(=O)CCCCCCCCC/C=C\C/C=C\C/C=C\C/C=C\CCCCC)OC(=O)CCCCCCCC/C=C\C/C=C\C/C=C\C/C=C\CC. The summed E-state index contributed by atoms with van der Waals surface area (Å²) in [6.45, 7) is 2.39. The fraction of sp³-hybridized carbons (Fsp3) is 0.659. The van der Waals surface area contributed by atoms with Gasteiger partial charge < -0.3 is 34.2 Å². The molecule has 103 heavy (non-hydrogen) atoms. The maximum Gasteiger partial charge on any atom is 0.472 e. The largest absolute Gasteiger partial charge is 0.472 e. The Labute approximate surface area is 625 Å². The summed E-state index contributed by atoms with van der Waals surface area (Å²) in [5.41, 5.74) is 0. The molecule has 0 aromatic rings. The number of phosphoric acid groups is 2. The minimum absolute atomic E-state index is 0.0806. The number of phosphoric ester groups is 2. The average Bonchev–Trinajstić information content (AvgIpc) is 0.922. The van der Waals surface area contributed by atoms with Gasteiger partial charge in [0.2, 0.25) is 0 Å². The molecule has 18 heteroatoms. The normalized spacial score (nSPS) is 14.8. The molecule has 0 amide bonds. The molecule has 0 fully saturated rings. The van der Waals surface area contributed by atoms with Gasteiger partial charge in [0.25, 0.3) is 0 Å². The predicted octanol–water partition coefficient (Wildman–Crippen LogP) is 23.4. The van der Waals surface area contributed by atoms with Crippen LogP contribution in [0.4, 0.5) is 0 Å². The molecule has 0 saturated carbocycles. The third-order valence-electron chi connectivity index (χ3n) is 16.2. The summed E-state index contributed by atoms with van der Waals surface area (Å²) in [5.74, 6) is -1.61. The van der Waals surface area contributed by atoms with E-state index in [-0.39, 0.29) is 19.3 Å². The number of esters is 3. The summed E-state index contributed by atoms with van der Waals surface area (Å²) >= 11 is 0. The summed E-state index contributed by atoms with van der Waals surface area (Å²) in [6.07, 6.45) is 95.6. The molecule has 0 aliphatic carbocycles. The van der Waals surface area contributed by atoms with Crippen molar-refractivity contribution in [1.82, 2.24) is 0 Å². The molecule has 0 heterocycles. The van der Waals surface area contributed by atoms with Gasteiger partial charge in [0.15, 0.2) is 6.10 Å². The smallest absolute Gasteiger partial charge is 0.463 e. The maximum absolute atomic E-state index is 13.0. The quantitative estimate of drug-likeness (QED) is 0.0146. The molecule has 4 N–H and O–H groups in total. The second-order valence-electron chi connectivity index (χ2n) is 26.1. The zero-order valence-corrected chi connectivity index (χ0v) is 66.0. The number of carbonyl (C=O) groups excluding carboxylic acids is 3. The topological polar surface area (TPSA) is 231 Å². The Kier molecular flexibility index (Phi) is 73.2. The van der Waals surface area contributed by atoms with Gasteiger partial charge in [0.05, 0.1) is 26.4 Å². The zero-order valence-electron chi connectivity index (χ0n) is 64.2. The first-order valence-electron chi connectivity index (χ1n) is 39.8. The van der Waals surface area contributed by atoms with Crippen LogP contribution in [0.1, 0.15) is 303 Å². The van der Waals surface area contributed by atoms with Gasteiger partial charge in [-0.2, -0.15) is 0 Å². The van der Waals surface area contributed by atoms with Crippen LogP contribution in [-0.4, -0.2) is 95.9 Å². The van der Waals surface area contributed by atoms with Gasteiger partial charge in [-0.3, -0.25) is 32.5 Å². The van der Waals surface area contributed by atoms with Crippen LogP contribution in [0, 0.1) is 0 Å². The lowest BCUT2D eigenvalue weighted by molar-refractivity contribution is -0.161. The molecular weight excluding hydrogens is 1340 g/mol. The molecule has 0 radical (unpaired) electrons. The Bertz CT molecular complexity index is 2500. The lowest BCUT2D eigenvalue weighted by atomic mass is 10.1. The van der Waals surface area contributed by atoms with Crippen molar-refractivity contribution < 1.29 is 75.8 Å². The van der Waals surface area contributed by atoms with E-state index in [9.17, 15) is 43.5 Å². The van der Waals surface area contributed by atoms with Crippen molar-refractivity contribution >= 4 is 33.6 Å². The van der Waals surface area contributed by atoms with Crippen LogP contribution in [-0.2, 0) is 55.8 Å². The number of aliphatic hydroxyl groups is 2. The molecule has 0 spiro atoms. The van der Waals surface area contributed by atoms with Gasteiger partial charge in [0, 0.05) is 19.3 Å². The number of hydrogen-bond acceptors (Lipinski definition) is 14. The fourth-order valence-electron chi connectivity index (χ4n) is 10.2. The van der Waals surface area contributed by atoms with E-state index >= 15 is 0 Å². The van der Waals surface area contributed by atoms with Gasteiger partial charge in [-0.05, 0) is 148 Å². The molecule has 5 atom stereocenters. The van der Waals surface area contributed by atoms with Gasteiger partial charge in [-0.15, -0.1) is 0 Å². The highest BCUT2D eigenvalue weighted by Gasteiger charge is 2.29. The van der Waals surface area contributed by atoms with Crippen molar-refractivity contribution in [3.05, 3.63) is 158 Å². The summed E-state index contributed by atoms with van der Waals surface area (Å²) in [7, 11) is -9.81. The molecule has 0 aliphatic rings. The minimum atomic E-state index is -4.95. The summed E-state index contributed by atoms with van der Waals surface area (Å²) in [4.78, 5) is 58.7. The molecule has 588 valence electrons. The highest BCUT2D eigenvalue weighted by molar-refractivity contribution is 7.47. The van der Waals surface area contributed by atoms with E-state index in [1.807, 2.05) is 0 Å². The van der Waals surface area contributed by atoms with Gasteiger partial charge in [-0.1, -0.05) is 294 Å². The number of hydrogen-bond donors (Lipinski definition) is 4. The number of allylic oxidation sites excluding steroid dienone is 26. The molecule has 0 aromatic heterocycles. The van der Waals surface area contributed by atoms with E-state index in [4.69, 9.17) is 32.3 Å². The molecule has 0 aromatic carbocycles. The number of ether oxygens (including phenoxy) is 3. The predicted molar refractivity (Wildman–Crippen MR) is 426 cm³/mol. The molecule has 0 saturated heterocycles. The lowest BCUT2D eigenvalue weighted by Crippen LogP contribution is -2.30. The monoisotopic (exact) mass is 1480 g/mol. The first-order valence-corrected chi connectivity index (χ1v) is 42.8. The molecular formula is C85H142O16P2. The highest BCUT2D eigenvalue weighted by Crippen LogP contribution is 2.45. The molecule has 0 rings (SSSR count). The van der Waals surface area contributed by atoms with Crippen LogP contribution >= 0.6 is 15.6 Å². The Hall–Kier alpha value is -4.83. The second kappa shape index (κ2) is 76.8. The molecule has 0 aliphatic heterocycles. The summed E-state index contributed by atoms with van der Waals surface area (Å²) < 4.78 is 61.2. The van der Waals surface area contributed by atoms with Gasteiger partial charge in [0.1, 0.15) is 25.4 Å². The standard InChI is InChI=1S/C85H142O16P2/c1-4-7-10-13-16-19-22-25-28-31-34-36-38-39-41-43-45-47-50-53-56-59-62-65-68-71-83(88)95-74-80(86)75-97-102(91,92)98-76-81(87)77-99-103(93,94)100-79-82(101-85(90)73-70-67-64-61-58-55-52-49-44-33-30-27-24-21-18-15-12-9-6-3)78-96-84(89)72-69-66-63-60-57-54-51-48-46-42-40-37-35-32-29-26-23-20-17-14-11-8-5-2/h7,9-10,12,16-21,25-30,34-37,39,41-42,44,46,49,80-82,86-87H,4-6,8,11,13-15,22-24,31-33,38,40,43,45,47-48,50-79H2,1-3H3,(H,91,92)(H,93,94)/b10-7-,12-9-,19-16-,20-17-,21-18-,28-25-,29-26-,30-27-,36-34-,37-35-,41-39-,46-42-,49-44-. The summed E-state index contributed by atoms with van der Waals surface area (Å²) in [5, 5.41) is 20.6. The van der Waals surface area contributed by atoms with Crippen LogP contribution in [0.5, 0.6) is 0 Å². The molecule has 5 unspecified atom stereocenters. The Morgan fingerprint density at radius 2 is 0.515 bits per heavy atom. The number of rotatable bonds is 74. The van der Waals surface area contributed by atoms with Crippen LogP contribution in [0.3, 0.4) is 0 Å². The Morgan fingerprint density at radius 3 is 0.816 bits per heavy atom. The number of carbonyl (C=O) groups is 3. The number of aliphatic hydroxyl groups excluding tert-OH is 2. The van der Waals surface area contributed by atoms with Crippen molar-refractivity contribution in [2.45, 2.75) is 322 Å². The lowest BCUT2D eigenvalue weighted by Gasteiger charge is -2.21. The van der Waals surface area contributed by atoms with E-state index in [0.717, 1.165) is 193 Å². The second-order valence-corrected chi connectivity index (χ2v) is 29.0. The number of unbranched alkanes of at least 4 members (excludes halogenated alkanes) is 25. The van der Waals surface area contributed by atoms with Crippen molar-refractivity contribution in [2.24, 2.45) is 0 Å². The van der Waals surface area contributed by atoms with E-state index < -0.39 is 91.5 Å². The van der Waals surface area contributed by atoms with E-state index in [1.165, 1.54) is 51.4 Å². The van der Waals surface area contributed by atoms with Crippen LogP contribution in [0.15, 0.2) is 158 Å². The van der Waals surface area contributed by atoms with Crippen LogP contribution < -0.4 is 0 Å². The molecule has 0 bridgehead atoms. The third kappa shape index (κ3) is 78.1. The Morgan fingerprint density at radius 1 is 0.282 bits per heavy atom. The molecule has 16 nitrogen and oxygen atoms in total. The minimum Gasteiger partial charge on any atom is -0.463 e. The van der Waals surface area contributed by atoms with E-state index in [2.05, 4.69) is 179 Å². The first kappa shape index (κ1) is 98.2. The van der Waals surface area contributed by atoms with Crippen molar-refractivity contribution in [2.75, 3.05) is 39.6 Å². The zero-order chi connectivity index (χ0) is 75.2. The van der Waals surface area contributed by atoms with Crippen LogP contribution in [0.2, 0.25) is 0 Å². The Balaban J connectivity index is 4.69. The summed E-state index contributed by atoms with van der Waals surface area (Å²) in [6, 6.07) is 0. The van der Waals surface area contributed by atoms with E-state index in [1.54, 1.807) is 0 Å². The average molecular weight is 1480 g/mol. The first-order chi connectivity index (χ1) is 50.2.